The number of imidazole rings is 1. The number of allylic oxidation sites excluding steroid dienone is 3. The van der Waals surface area contributed by atoms with Gasteiger partial charge in [0.05, 0.1) is 15.8 Å². The zero-order valence-electron chi connectivity index (χ0n) is 19.5. The Balaban J connectivity index is 1.69. The molecule has 0 aliphatic carbocycles. The zero-order chi connectivity index (χ0) is 24.7. The second-order valence-corrected chi connectivity index (χ2v) is 9.37. The van der Waals surface area contributed by atoms with Crippen LogP contribution in [-0.2, 0) is 11.3 Å². The van der Waals surface area contributed by atoms with E-state index in [1.807, 2.05) is 60.3 Å². The predicted molar refractivity (Wildman–Crippen MR) is 146 cm³/mol. The summed E-state index contributed by atoms with van der Waals surface area (Å²) in [4.78, 5) is 16.2. The van der Waals surface area contributed by atoms with Crippen LogP contribution in [0.2, 0.25) is 0 Å². The van der Waals surface area contributed by atoms with Gasteiger partial charge in [0.1, 0.15) is 0 Å². The third-order valence-electron chi connectivity index (χ3n) is 5.97. The molecule has 1 heterocycles. The van der Waals surface area contributed by atoms with Crippen molar-refractivity contribution in [1.82, 2.24) is 9.55 Å². The number of hydrogen-bond donors (Lipinski definition) is 1. The molecular weight excluding hydrogens is 452 g/mol. The number of fused-ring (bicyclic) bond motifs is 1. The smallest absolute Gasteiger partial charge is 0.372 e. The van der Waals surface area contributed by atoms with Gasteiger partial charge in [-0.2, -0.15) is 0 Å². The molecule has 0 saturated heterocycles. The van der Waals surface area contributed by atoms with Crippen LogP contribution in [0.1, 0.15) is 28.2 Å². The minimum atomic E-state index is -1.01. The number of para-hydroxylation sites is 2. The van der Waals surface area contributed by atoms with Gasteiger partial charge in [-0.3, -0.25) is 0 Å². The van der Waals surface area contributed by atoms with E-state index in [0.29, 0.717) is 12.1 Å². The molecule has 0 fully saturated rings. The summed E-state index contributed by atoms with van der Waals surface area (Å²) in [6.45, 7) is 8.62. The molecule has 0 amide bonds. The fourth-order valence-electron chi connectivity index (χ4n) is 4.46. The minimum Gasteiger partial charge on any atom is -0.475 e. The lowest BCUT2D eigenvalue weighted by molar-refractivity contribution is 0.0678. The average molecular weight is 481 g/mol. The highest BCUT2D eigenvalue weighted by atomic mass is 32.2. The summed E-state index contributed by atoms with van der Waals surface area (Å²) < 4.78 is 1.32. The summed E-state index contributed by atoms with van der Waals surface area (Å²) in [6.07, 6.45) is 6.49. The first-order chi connectivity index (χ1) is 17.1. The maximum atomic E-state index is 11.8. The van der Waals surface area contributed by atoms with E-state index in [-0.39, 0.29) is 5.82 Å². The van der Waals surface area contributed by atoms with E-state index in [1.54, 1.807) is 10.6 Å². The molecule has 0 spiro atoms. The Kier molecular flexibility index (Phi) is 7.68. The van der Waals surface area contributed by atoms with Crippen molar-refractivity contribution in [1.29, 1.82) is 0 Å². The van der Waals surface area contributed by atoms with Gasteiger partial charge >= 0.3 is 5.97 Å². The highest BCUT2D eigenvalue weighted by molar-refractivity contribution is 8.00. The van der Waals surface area contributed by atoms with Crippen LogP contribution in [0.25, 0.3) is 11.0 Å². The van der Waals surface area contributed by atoms with Gasteiger partial charge in [-0.05, 0) is 41.0 Å². The summed E-state index contributed by atoms with van der Waals surface area (Å²) in [5, 5.41) is 9.70. The van der Waals surface area contributed by atoms with E-state index in [2.05, 4.69) is 66.7 Å². The van der Waals surface area contributed by atoms with Crippen LogP contribution in [0.4, 0.5) is 0 Å². The number of nitrogens with zero attached hydrogens (tertiary/aromatic N) is 2. The molecule has 4 rings (SSSR count). The van der Waals surface area contributed by atoms with E-state index in [0.717, 1.165) is 34.4 Å². The summed E-state index contributed by atoms with van der Waals surface area (Å²) in [6, 6.07) is 28.4. The Morgan fingerprint density at radius 2 is 1.54 bits per heavy atom. The predicted octanol–water partition coefficient (Wildman–Crippen LogP) is 7.10. The number of hydrogen-bond acceptors (Lipinski definition) is 3. The highest BCUT2D eigenvalue weighted by Gasteiger charge is 2.37. The van der Waals surface area contributed by atoms with Gasteiger partial charge in [0, 0.05) is 6.54 Å². The van der Waals surface area contributed by atoms with Gasteiger partial charge in [0.15, 0.2) is 0 Å². The molecule has 176 valence electrons. The van der Waals surface area contributed by atoms with Crippen molar-refractivity contribution in [2.75, 3.05) is 5.75 Å². The topological polar surface area (TPSA) is 55.1 Å². The molecule has 0 radical (unpaired) electrons. The number of carboxylic acids is 1. The summed E-state index contributed by atoms with van der Waals surface area (Å²) in [5.74, 6) is -0.149. The maximum absolute atomic E-state index is 11.8. The van der Waals surface area contributed by atoms with Crippen LogP contribution in [0.5, 0.6) is 0 Å². The molecule has 1 aromatic heterocycles. The largest absolute Gasteiger partial charge is 0.475 e. The van der Waals surface area contributed by atoms with Gasteiger partial charge in [-0.1, -0.05) is 104 Å². The number of carbonyl (C=O) groups is 1. The first-order valence-electron chi connectivity index (χ1n) is 11.5. The van der Waals surface area contributed by atoms with Crippen molar-refractivity contribution in [3.63, 3.8) is 0 Å². The number of aromatic nitrogens is 2. The Labute approximate surface area is 210 Å². The Morgan fingerprint density at radius 1 is 0.943 bits per heavy atom. The molecule has 0 aliphatic heterocycles. The molecule has 4 aromatic rings. The molecule has 35 heavy (non-hydrogen) atoms. The Hall–Kier alpha value is -3.83. The summed E-state index contributed by atoms with van der Waals surface area (Å²) in [5.41, 5.74) is 4.90. The highest BCUT2D eigenvalue weighted by Crippen LogP contribution is 2.49. The van der Waals surface area contributed by atoms with Gasteiger partial charge in [0.25, 0.3) is 0 Å². The maximum Gasteiger partial charge on any atom is 0.372 e. The number of rotatable bonds is 11. The monoisotopic (exact) mass is 480 g/mol. The molecule has 5 heteroatoms. The van der Waals surface area contributed by atoms with Crippen molar-refractivity contribution < 1.29 is 9.90 Å². The SMILES string of the molecule is C=C/C=C(\C=C)C(SCCCn1c(C(=O)O)nc2ccccc21)(c1ccccc1)c1ccccc1. The lowest BCUT2D eigenvalue weighted by Crippen LogP contribution is -2.26. The normalized spacial score (nSPS) is 11.9. The fourth-order valence-corrected chi connectivity index (χ4v) is 5.97. The Morgan fingerprint density at radius 3 is 2.11 bits per heavy atom. The van der Waals surface area contributed by atoms with E-state index in [4.69, 9.17) is 0 Å². The van der Waals surface area contributed by atoms with Crippen LogP contribution in [0.15, 0.2) is 122 Å². The molecule has 0 aliphatic rings. The molecule has 4 nitrogen and oxygen atoms in total. The molecule has 0 saturated carbocycles. The number of aromatic carboxylic acids is 1. The Bertz CT molecular complexity index is 1320. The second kappa shape index (κ2) is 11.1. The molecular formula is C30H28N2O2S. The van der Waals surface area contributed by atoms with Gasteiger partial charge in [-0.15, -0.1) is 11.8 Å². The zero-order valence-corrected chi connectivity index (χ0v) is 20.3. The number of thioether (sulfide) groups is 1. The number of benzene rings is 3. The van der Waals surface area contributed by atoms with Gasteiger partial charge < -0.3 is 9.67 Å². The van der Waals surface area contributed by atoms with Crippen molar-refractivity contribution in [2.24, 2.45) is 0 Å². The average Bonchev–Trinajstić information content (AvgIpc) is 3.28. The second-order valence-electron chi connectivity index (χ2n) is 8.06. The molecule has 0 bridgehead atoms. The molecule has 1 N–H and O–H groups in total. The fraction of sp³-hybridized carbons (Fsp3) is 0.133. The van der Waals surface area contributed by atoms with Crippen molar-refractivity contribution >= 4 is 28.8 Å². The lowest BCUT2D eigenvalue weighted by atomic mass is 9.83. The number of carboxylic acid groups (broad SMARTS) is 1. The summed E-state index contributed by atoms with van der Waals surface area (Å²) >= 11 is 1.82. The molecule has 0 unspecified atom stereocenters. The minimum absolute atomic E-state index is 0.0758. The van der Waals surface area contributed by atoms with E-state index >= 15 is 0 Å². The van der Waals surface area contributed by atoms with Gasteiger partial charge in [-0.25, -0.2) is 9.78 Å². The lowest BCUT2D eigenvalue weighted by Gasteiger charge is -2.36. The van der Waals surface area contributed by atoms with Crippen molar-refractivity contribution in [3.05, 3.63) is 139 Å². The van der Waals surface area contributed by atoms with Crippen LogP contribution >= 0.6 is 11.8 Å². The third kappa shape index (κ3) is 4.86. The van der Waals surface area contributed by atoms with Crippen molar-refractivity contribution in [3.8, 4) is 0 Å². The molecule has 0 atom stereocenters. The number of aryl methyl sites for hydroxylation is 1. The first kappa shape index (κ1) is 24.3. The van der Waals surface area contributed by atoms with Crippen LogP contribution in [0.3, 0.4) is 0 Å². The first-order valence-corrected chi connectivity index (χ1v) is 12.5. The van der Waals surface area contributed by atoms with Crippen LogP contribution in [-0.4, -0.2) is 26.4 Å². The third-order valence-corrected chi connectivity index (χ3v) is 7.61. The van der Waals surface area contributed by atoms with Crippen LogP contribution < -0.4 is 0 Å². The quantitative estimate of drug-likeness (QED) is 0.184. The van der Waals surface area contributed by atoms with E-state index in [9.17, 15) is 9.90 Å². The van der Waals surface area contributed by atoms with Gasteiger partial charge in [0.2, 0.25) is 5.82 Å². The standard InChI is InChI=1S/C30H28N2O2S/c1-3-14-23(4-2)30(24-15-7-5-8-16-24,25-17-9-6-10-18-25)35-22-13-21-32-27-20-12-11-19-26(27)31-28(32)29(33)34/h3-12,14-20H,1-2,13,21-22H2,(H,33,34)/b23-14+. The van der Waals surface area contributed by atoms with Crippen molar-refractivity contribution in [2.45, 2.75) is 17.7 Å². The van der Waals surface area contributed by atoms with E-state index in [1.165, 1.54) is 0 Å². The molecule has 3 aromatic carbocycles. The van der Waals surface area contributed by atoms with Crippen LogP contribution in [0, 0.1) is 0 Å². The summed E-state index contributed by atoms with van der Waals surface area (Å²) in [7, 11) is 0. The van der Waals surface area contributed by atoms with E-state index < -0.39 is 10.7 Å².